The van der Waals surface area contributed by atoms with Gasteiger partial charge < -0.3 is 9.72 Å². The number of imidazole rings is 1. The summed E-state index contributed by atoms with van der Waals surface area (Å²) in [7, 11) is 0. The quantitative estimate of drug-likeness (QED) is 0.390. The molecule has 0 unspecified atom stereocenters. The summed E-state index contributed by atoms with van der Waals surface area (Å²) in [6.07, 6.45) is 4.21. The van der Waals surface area contributed by atoms with Gasteiger partial charge in [0.25, 0.3) is 0 Å². The van der Waals surface area contributed by atoms with E-state index in [0.717, 1.165) is 52.4 Å². The minimum absolute atomic E-state index is 0.695. The summed E-state index contributed by atoms with van der Waals surface area (Å²) in [6.45, 7) is 3.95. The van der Waals surface area contributed by atoms with Gasteiger partial charge in [-0.25, -0.2) is 9.97 Å². The molecule has 0 bridgehead atoms. The van der Waals surface area contributed by atoms with Crippen molar-refractivity contribution in [1.29, 1.82) is 0 Å². The van der Waals surface area contributed by atoms with Crippen molar-refractivity contribution in [2.45, 2.75) is 18.8 Å². The summed E-state index contributed by atoms with van der Waals surface area (Å²) < 4.78 is 6.93. The van der Waals surface area contributed by atoms with Crippen molar-refractivity contribution in [1.82, 2.24) is 19.9 Å². The monoisotopic (exact) mass is 476 g/mol. The fourth-order valence-corrected chi connectivity index (χ4v) is 4.56. The molecule has 0 radical (unpaired) electrons. The van der Waals surface area contributed by atoms with Crippen molar-refractivity contribution in [2.75, 3.05) is 26.2 Å². The van der Waals surface area contributed by atoms with Crippen molar-refractivity contribution in [3.63, 3.8) is 0 Å². The Labute approximate surface area is 190 Å². The fourth-order valence-electron chi connectivity index (χ4n) is 4.23. The molecule has 1 N–H and O–H groups in total. The predicted molar refractivity (Wildman–Crippen MR) is 127 cm³/mol. The number of aromatic nitrogens is 3. The van der Waals surface area contributed by atoms with Crippen LogP contribution in [-0.2, 0) is 0 Å². The molecule has 0 amide bonds. The molecule has 0 atom stereocenters. The van der Waals surface area contributed by atoms with Crippen molar-refractivity contribution in [2.24, 2.45) is 0 Å². The first-order valence-corrected chi connectivity index (χ1v) is 11.6. The second kappa shape index (κ2) is 9.20. The van der Waals surface area contributed by atoms with Crippen LogP contribution in [0, 0.1) is 0 Å². The highest BCUT2D eigenvalue weighted by molar-refractivity contribution is 9.10. The van der Waals surface area contributed by atoms with Gasteiger partial charge in [0.05, 0.1) is 5.52 Å². The lowest BCUT2D eigenvalue weighted by atomic mass is 9.89. The summed E-state index contributed by atoms with van der Waals surface area (Å²) >= 11 is 3.44. The van der Waals surface area contributed by atoms with Crippen molar-refractivity contribution in [3.05, 3.63) is 76.9 Å². The number of benzene rings is 2. The molecule has 4 aromatic rings. The van der Waals surface area contributed by atoms with E-state index < -0.39 is 0 Å². The number of nitrogens with zero attached hydrogens (tertiary/aromatic N) is 3. The second-order valence-electron chi connectivity index (χ2n) is 8.01. The molecular weight excluding hydrogens is 452 g/mol. The van der Waals surface area contributed by atoms with Crippen LogP contribution in [0.1, 0.15) is 24.3 Å². The van der Waals surface area contributed by atoms with Crippen LogP contribution in [0.15, 0.2) is 71.3 Å². The van der Waals surface area contributed by atoms with Crippen LogP contribution in [0.3, 0.4) is 0 Å². The first-order valence-electron chi connectivity index (χ1n) is 10.8. The molecule has 5 nitrogen and oxygen atoms in total. The van der Waals surface area contributed by atoms with Gasteiger partial charge in [-0.1, -0.05) is 30.3 Å². The molecule has 1 fully saturated rings. The number of H-pyrrole nitrogens is 1. The molecule has 5 rings (SSSR count). The Balaban J connectivity index is 1.11. The first-order chi connectivity index (χ1) is 15.2. The lowest BCUT2D eigenvalue weighted by Gasteiger charge is -2.32. The summed E-state index contributed by atoms with van der Waals surface area (Å²) in [5, 5.41) is 0. The molecule has 1 aliphatic heterocycles. The molecule has 0 saturated carbocycles. The Bertz CT molecular complexity index is 1140. The Kier molecular flexibility index (Phi) is 6.00. The maximum absolute atomic E-state index is 5.99. The van der Waals surface area contributed by atoms with Gasteiger partial charge >= 0.3 is 0 Å². The maximum atomic E-state index is 5.99. The fraction of sp³-hybridized carbons (Fsp3) is 0.280. The van der Waals surface area contributed by atoms with Gasteiger partial charge in [0.2, 0.25) is 0 Å². The van der Waals surface area contributed by atoms with Crippen molar-refractivity contribution < 1.29 is 4.74 Å². The zero-order chi connectivity index (χ0) is 21.0. The summed E-state index contributed by atoms with van der Waals surface area (Å²) in [6, 6.07) is 21.0. The standard InChI is InChI=1S/C25H25BrN4O/c26-21-16-23-25(27-17-21)29-24(28-23)20-6-8-22(9-7-20)31-15-14-30-12-10-19(11-13-30)18-4-2-1-3-5-18/h1-9,16-17,19H,10-15H2,(H,27,28,29). The van der Waals surface area contributed by atoms with Gasteiger partial charge in [0, 0.05) is 22.8 Å². The highest BCUT2D eigenvalue weighted by Gasteiger charge is 2.20. The van der Waals surface area contributed by atoms with E-state index in [-0.39, 0.29) is 0 Å². The minimum Gasteiger partial charge on any atom is -0.492 e. The number of ether oxygens (including phenoxy) is 1. The highest BCUT2D eigenvalue weighted by Crippen LogP contribution is 2.28. The highest BCUT2D eigenvalue weighted by atomic mass is 79.9. The number of fused-ring (bicyclic) bond motifs is 1. The van der Waals surface area contributed by atoms with Gasteiger partial charge in [-0.05, 0) is 83.7 Å². The number of halogens is 1. The number of piperidine rings is 1. The van der Waals surface area contributed by atoms with Crippen LogP contribution in [0.2, 0.25) is 0 Å². The van der Waals surface area contributed by atoms with E-state index in [1.54, 1.807) is 6.20 Å². The predicted octanol–water partition coefficient (Wildman–Crippen LogP) is 5.65. The van der Waals surface area contributed by atoms with Gasteiger partial charge in [0.15, 0.2) is 5.65 Å². The Morgan fingerprint density at radius 3 is 2.58 bits per heavy atom. The molecule has 6 heteroatoms. The number of rotatable bonds is 6. The van der Waals surface area contributed by atoms with Gasteiger partial charge in [0.1, 0.15) is 18.2 Å². The number of hydrogen-bond donors (Lipinski definition) is 1. The third kappa shape index (κ3) is 4.81. The minimum atomic E-state index is 0.695. The van der Waals surface area contributed by atoms with E-state index in [1.807, 2.05) is 30.3 Å². The lowest BCUT2D eigenvalue weighted by molar-refractivity contribution is 0.173. The third-order valence-corrected chi connectivity index (χ3v) is 6.40. The van der Waals surface area contributed by atoms with Crippen LogP contribution < -0.4 is 4.74 Å². The molecule has 31 heavy (non-hydrogen) atoms. The van der Waals surface area contributed by atoms with Crippen LogP contribution in [-0.4, -0.2) is 46.1 Å². The first kappa shape index (κ1) is 20.2. The number of nitrogens with one attached hydrogen (secondary N) is 1. The summed E-state index contributed by atoms with van der Waals surface area (Å²) in [4.78, 5) is 14.7. The molecule has 3 heterocycles. The molecular formula is C25H25BrN4O. The summed E-state index contributed by atoms with van der Waals surface area (Å²) in [5.74, 6) is 2.40. The lowest BCUT2D eigenvalue weighted by Crippen LogP contribution is -2.35. The Hall–Kier alpha value is -2.70. The van der Waals surface area contributed by atoms with E-state index in [0.29, 0.717) is 12.5 Å². The van der Waals surface area contributed by atoms with Gasteiger partial charge in [-0.3, -0.25) is 4.90 Å². The maximum Gasteiger partial charge on any atom is 0.178 e. The molecule has 1 saturated heterocycles. The zero-order valence-corrected chi connectivity index (χ0v) is 18.9. The molecule has 1 aliphatic rings. The van der Waals surface area contributed by atoms with Crippen LogP contribution in [0.4, 0.5) is 0 Å². The average Bonchev–Trinajstić information content (AvgIpc) is 3.24. The van der Waals surface area contributed by atoms with Crippen LogP contribution in [0.25, 0.3) is 22.6 Å². The van der Waals surface area contributed by atoms with Crippen molar-refractivity contribution in [3.8, 4) is 17.1 Å². The molecule has 0 aliphatic carbocycles. The van der Waals surface area contributed by atoms with Crippen molar-refractivity contribution >= 4 is 27.1 Å². The van der Waals surface area contributed by atoms with E-state index in [1.165, 1.54) is 18.4 Å². The van der Waals surface area contributed by atoms with Gasteiger partial charge in [-0.15, -0.1) is 0 Å². The zero-order valence-electron chi connectivity index (χ0n) is 17.3. The molecule has 158 valence electrons. The normalized spacial score (nSPS) is 15.4. The second-order valence-corrected chi connectivity index (χ2v) is 8.93. The number of likely N-dealkylation sites (tertiary alicyclic amines) is 1. The number of hydrogen-bond acceptors (Lipinski definition) is 4. The van der Waals surface area contributed by atoms with E-state index in [4.69, 9.17) is 4.74 Å². The molecule has 0 spiro atoms. The topological polar surface area (TPSA) is 54.0 Å². The Morgan fingerprint density at radius 1 is 1.03 bits per heavy atom. The smallest absolute Gasteiger partial charge is 0.178 e. The summed E-state index contributed by atoms with van der Waals surface area (Å²) in [5.41, 5.74) is 4.13. The SMILES string of the molecule is Brc1cnc2nc(-c3ccc(OCCN4CCC(c5ccccc5)CC4)cc3)[nH]c2c1. The van der Waals surface area contributed by atoms with E-state index >= 15 is 0 Å². The van der Waals surface area contributed by atoms with E-state index in [9.17, 15) is 0 Å². The van der Waals surface area contributed by atoms with E-state index in [2.05, 4.69) is 66.1 Å². The molecule has 2 aromatic heterocycles. The van der Waals surface area contributed by atoms with Gasteiger partial charge in [-0.2, -0.15) is 0 Å². The average molecular weight is 477 g/mol. The largest absolute Gasteiger partial charge is 0.492 e. The third-order valence-electron chi connectivity index (χ3n) is 5.97. The van der Waals surface area contributed by atoms with Crippen LogP contribution in [0.5, 0.6) is 5.75 Å². The molecule has 2 aromatic carbocycles. The number of aromatic amines is 1. The number of pyridine rings is 1. The van der Waals surface area contributed by atoms with Crippen LogP contribution >= 0.6 is 15.9 Å². The Morgan fingerprint density at radius 2 is 1.81 bits per heavy atom.